The molecule has 1 heterocycles. The molecular formula is C12H19ClN4O3. The minimum absolute atomic E-state index is 0.0265. The van der Waals surface area contributed by atoms with Crippen molar-refractivity contribution in [2.45, 2.75) is 25.7 Å². The molecule has 20 heavy (non-hydrogen) atoms. The molecule has 1 aliphatic carbocycles. The average molecular weight is 303 g/mol. The quantitative estimate of drug-likeness (QED) is 0.487. The maximum Gasteiger partial charge on any atom is 0.224 e. The van der Waals surface area contributed by atoms with E-state index in [1.54, 1.807) is 0 Å². The van der Waals surface area contributed by atoms with Gasteiger partial charge in [0.1, 0.15) is 0 Å². The van der Waals surface area contributed by atoms with E-state index in [4.69, 9.17) is 27.1 Å². The molecule has 0 atom stereocenters. The zero-order chi connectivity index (χ0) is 14.5. The van der Waals surface area contributed by atoms with Crippen LogP contribution in [-0.4, -0.2) is 38.6 Å². The Labute approximate surface area is 122 Å². The summed E-state index contributed by atoms with van der Waals surface area (Å²) in [6.45, 7) is 0.933. The molecule has 0 bridgehead atoms. The molecule has 4 N–H and O–H groups in total. The summed E-state index contributed by atoms with van der Waals surface area (Å²) in [7, 11) is 0. The van der Waals surface area contributed by atoms with E-state index >= 15 is 0 Å². The first-order valence-corrected chi connectivity index (χ1v) is 7.03. The van der Waals surface area contributed by atoms with Gasteiger partial charge in [-0.2, -0.15) is 4.98 Å². The number of aromatic nitrogens is 2. The number of nitrogens with zero attached hydrogens (tertiary/aromatic N) is 3. The van der Waals surface area contributed by atoms with E-state index in [0.717, 1.165) is 25.7 Å². The Morgan fingerprint density at radius 2 is 1.90 bits per heavy atom. The van der Waals surface area contributed by atoms with Crippen LogP contribution in [0.3, 0.4) is 0 Å². The van der Waals surface area contributed by atoms with Crippen LogP contribution in [0.5, 0.6) is 0 Å². The molecule has 1 aromatic rings. The summed E-state index contributed by atoms with van der Waals surface area (Å²) < 4.78 is 0. The Hall–Kier alpha value is -1.15. The minimum Gasteiger partial charge on any atom is -0.396 e. The number of aliphatic hydroxyl groups excluding tert-OH is 1. The van der Waals surface area contributed by atoms with Crippen molar-refractivity contribution in [1.29, 1.82) is 0 Å². The van der Waals surface area contributed by atoms with Gasteiger partial charge in [0, 0.05) is 13.2 Å². The number of halogens is 1. The summed E-state index contributed by atoms with van der Waals surface area (Å²) in [5.74, 6) is 1.19. The van der Waals surface area contributed by atoms with Crippen LogP contribution in [0.1, 0.15) is 25.7 Å². The zero-order valence-electron chi connectivity index (χ0n) is 11.0. The van der Waals surface area contributed by atoms with E-state index in [-0.39, 0.29) is 22.8 Å². The molecule has 0 aromatic carbocycles. The van der Waals surface area contributed by atoms with E-state index in [1.807, 2.05) is 0 Å². The molecule has 0 aliphatic heterocycles. The Morgan fingerprint density at radius 1 is 1.25 bits per heavy atom. The van der Waals surface area contributed by atoms with Crippen LogP contribution in [0.4, 0.5) is 11.5 Å². The van der Waals surface area contributed by atoms with Gasteiger partial charge < -0.3 is 10.4 Å². The largest absolute Gasteiger partial charge is 0.396 e. The summed E-state index contributed by atoms with van der Waals surface area (Å²) in [4.78, 5) is 7.65. The Bertz CT molecular complexity index is 439. The average Bonchev–Trinajstić information content (AvgIpc) is 2.45. The maximum atomic E-state index is 9.10. The highest BCUT2D eigenvalue weighted by molar-refractivity contribution is 6.28. The summed E-state index contributed by atoms with van der Waals surface area (Å²) in [6, 6.07) is 0. The molecule has 0 unspecified atom stereocenters. The Kier molecular flexibility index (Phi) is 5.36. The van der Waals surface area contributed by atoms with Crippen LogP contribution in [0, 0.1) is 11.8 Å². The first-order chi connectivity index (χ1) is 9.60. The topological polar surface area (TPSA) is 102 Å². The third-order valence-electron chi connectivity index (χ3n) is 3.74. The second-order valence-electron chi connectivity index (χ2n) is 5.11. The van der Waals surface area contributed by atoms with Crippen molar-refractivity contribution in [3.63, 3.8) is 0 Å². The third kappa shape index (κ3) is 3.92. The van der Waals surface area contributed by atoms with Gasteiger partial charge in [0.2, 0.25) is 5.28 Å². The van der Waals surface area contributed by atoms with Crippen molar-refractivity contribution in [1.82, 2.24) is 9.97 Å². The fraction of sp³-hybridized carbons (Fsp3) is 0.667. The molecule has 0 spiro atoms. The van der Waals surface area contributed by atoms with E-state index in [1.165, 1.54) is 6.20 Å². The predicted molar refractivity (Wildman–Crippen MR) is 74.1 cm³/mol. The maximum absolute atomic E-state index is 9.10. The number of anilines is 2. The molecule has 1 aromatic heterocycles. The second kappa shape index (κ2) is 7.03. The van der Waals surface area contributed by atoms with E-state index in [9.17, 15) is 0 Å². The van der Waals surface area contributed by atoms with Crippen LogP contribution in [-0.2, 0) is 0 Å². The first-order valence-electron chi connectivity index (χ1n) is 6.65. The summed E-state index contributed by atoms with van der Waals surface area (Å²) in [6.07, 6.45) is 5.35. The van der Waals surface area contributed by atoms with Crippen molar-refractivity contribution in [3.8, 4) is 0 Å². The molecule has 0 radical (unpaired) electrons. The summed E-state index contributed by atoms with van der Waals surface area (Å²) in [5.41, 5.74) is 0.0541. The number of rotatable bonds is 5. The zero-order valence-corrected chi connectivity index (χ0v) is 11.8. The van der Waals surface area contributed by atoms with Crippen molar-refractivity contribution >= 4 is 23.1 Å². The molecule has 112 valence electrons. The Morgan fingerprint density at radius 3 is 2.50 bits per heavy atom. The van der Waals surface area contributed by atoms with E-state index in [2.05, 4.69) is 15.3 Å². The molecule has 0 saturated heterocycles. The van der Waals surface area contributed by atoms with Gasteiger partial charge in [0.15, 0.2) is 11.5 Å². The normalized spacial score (nSPS) is 22.6. The lowest BCUT2D eigenvalue weighted by Gasteiger charge is -2.27. The monoisotopic (exact) mass is 302 g/mol. The van der Waals surface area contributed by atoms with Gasteiger partial charge in [-0.15, -0.1) is 5.23 Å². The summed E-state index contributed by atoms with van der Waals surface area (Å²) in [5, 5.41) is 30.4. The lowest BCUT2D eigenvalue weighted by Crippen LogP contribution is -2.24. The standard InChI is InChI=1S/C12H19ClN4O3/c13-12-15-6-10(17(19)20)11(16-12)14-5-8-1-3-9(7-18)4-2-8/h6,8-9,18-20H,1-5,7H2,(H,14,15,16). The van der Waals surface area contributed by atoms with Gasteiger partial charge in [-0.3, -0.25) is 10.4 Å². The van der Waals surface area contributed by atoms with Crippen molar-refractivity contribution in [2.75, 3.05) is 23.7 Å². The minimum atomic E-state index is -0.0265. The highest BCUT2D eigenvalue weighted by Gasteiger charge is 2.21. The molecule has 7 nitrogen and oxygen atoms in total. The molecule has 1 aliphatic rings. The van der Waals surface area contributed by atoms with Crippen LogP contribution in [0.15, 0.2) is 6.20 Å². The van der Waals surface area contributed by atoms with Gasteiger partial charge >= 0.3 is 0 Å². The predicted octanol–water partition coefficient (Wildman–Crippen LogP) is 1.93. The van der Waals surface area contributed by atoms with Gasteiger partial charge in [-0.1, -0.05) is 0 Å². The SMILES string of the molecule is OCC1CCC(CNc2nc(Cl)ncc2N(O)O)CC1. The number of aliphatic hydroxyl groups is 1. The molecular weight excluding hydrogens is 284 g/mol. The first kappa shape index (κ1) is 15.2. The van der Waals surface area contributed by atoms with Crippen LogP contribution >= 0.6 is 11.6 Å². The van der Waals surface area contributed by atoms with Crippen LogP contribution in [0.2, 0.25) is 5.28 Å². The van der Waals surface area contributed by atoms with Crippen molar-refractivity contribution in [2.24, 2.45) is 11.8 Å². The van der Waals surface area contributed by atoms with E-state index in [0.29, 0.717) is 24.2 Å². The lowest BCUT2D eigenvalue weighted by molar-refractivity contribution is 0.0292. The number of hydrogen-bond donors (Lipinski definition) is 4. The second-order valence-corrected chi connectivity index (χ2v) is 5.45. The van der Waals surface area contributed by atoms with Gasteiger partial charge in [0.05, 0.1) is 6.20 Å². The highest BCUT2D eigenvalue weighted by Crippen LogP contribution is 2.29. The van der Waals surface area contributed by atoms with Crippen molar-refractivity contribution < 1.29 is 15.5 Å². The molecule has 8 heteroatoms. The fourth-order valence-electron chi connectivity index (χ4n) is 2.49. The lowest BCUT2D eigenvalue weighted by atomic mass is 9.82. The van der Waals surface area contributed by atoms with Crippen molar-refractivity contribution in [3.05, 3.63) is 11.5 Å². The fourth-order valence-corrected chi connectivity index (χ4v) is 2.62. The molecule has 1 fully saturated rings. The third-order valence-corrected chi connectivity index (χ3v) is 3.92. The van der Waals surface area contributed by atoms with E-state index < -0.39 is 0 Å². The highest BCUT2D eigenvalue weighted by atomic mass is 35.5. The molecule has 2 rings (SSSR count). The Balaban J connectivity index is 1.92. The molecule has 1 saturated carbocycles. The number of hydrogen-bond acceptors (Lipinski definition) is 7. The van der Waals surface area contributed by atoms with Crippen LogP contribution < -0.4 is 10.5 Å². The smallest absolute Gasteiger partial charge is 0.224 e. The van der Waals surface area contributed by atoms with Crippen LogP contribution in [0.25, 0.3) is 0 Å². The van der Waals surface area contributed by atoms with Gasteiger partial charge in [-0.05, 0) is 49.1 Å². The van der Waals surface area contributed by atoms with Gasteiger partial charge in [-0.25, -0.2) is 4.98 Å². The number of nitrogens with one attached hydrogen (secondary N) is 1. The molecule has 0 amide bonds. The van der Waals surface area contributed by atoms with Gasteiger partial charge in [0.25, 0.3) is 0 Å². The summed E-state index contributed by atoms with van der Waals surface area (Å²) >= 11 is 5.71.